The van der Waals surface area contributed by atoms with Crippen LogP contribution in [-0.2, 0) is 11.3 Å². The quantitative estimate of drug-likeness (QED) is 0.837. The second-order valence-electron chi connectivity index (χ2n) is 4.17. The summed E-state index contributed by atoms with van der Waals surface area (Å²) in [6.07, 6.45) is 0. The summed E-state index contributed by atoms with van der Waals surface area (Å²) in [4.78, 5) is 1.47. The van der Waals surface area contributed by atoms with Crippen LogP contribution in [0.2, 0.25) is 0 Å². The normalized spacial score (nSPS) is 20.2. The van der Waals surface area contributed by atoms with E-state index >= 15 is 0 Å². The first-order valence-corrected chi connectivity index (χ1v) is 5.71. The highest BCUT2D eigenvalue weighted by atomic mass is 19.1. The molecule has 0 spiro atoms. The average Bonchev–Trinajstić information content (AvgIpc) is 2.38. The number of hydrogen-bond donors (Lipinski definition) is 2. The second kappa shape index (κ2) is 5.60. The van der Waals surface area contributed by atoms with Crippen molar-refractivity contribution in [2.24, 2.45) is 0 Å². The molecule has 1 saturated heterocycles. The van der Waals surface area contributed by atoms with Crippen molar-refractivity contribution >= 4 is 5.69 Å². The van der Waals surface area contributed by atoms with Gasteiger partial charge >= 0.3 is 0 Å². The van der Waals surface area contributed by atoms with Gasteiger partial charge in [0.15, 0.2) is 0 Å². The van der Waals surface area contributed by atoms with Gasteiger partial charge in [-0.3, -0.25) is 0 Å². The molecule has 1 aliphatic rings. The number of halogens is 2. The van der Waals surface area contributed by atoms with Gasteiger partial charge in [0, 0.05) is 6.54 Å². The van der Waals surface area contributed by atoms with Gasteiger partial charge in [-0.15, -0.1) is 0 Å². The molecule has 18 heavy (non-hydrogen) atoms. The zero-order chi connectivity index (χ0) is 13.1. The number of aliphatic hydroxyl groups is 2. The van der Waals surface area contributed by atoms with E-state index in [1.807, 2.05) is 0 Å². The summed E-state index contributed by atoms with van der Waals surface area (Å²) in [6, 6.07) is 1.74. The highest BCUT2D eigenvalue weighted by molar-refractivity contribution is 5.52. The minimum atomic E-state index is -0.737. The van der Waals surface area contributed by atoms with Crippen LogP contribution in [0.1, 0.15) is 5.56 Å². The summed E-state index contributed by atoms with van der Waals surface area (Å²) in [7, 11) is 0. The van der Waals surface area contributed by atoms with Crippen LogP contribution in [0, 0.1) is 11.6 Å². The molecule has 0 aliphatic carbocycles. The molecule has 1 aromatic carbocycles. The number of benzene rings is 1. The molecular weight excluding hydrogens is 244 g/mol. The van der Waals surface area contributed by atoms with Crippen molar-refractivity contribution in [3.05, 3.63) is 29.3 Å². The van der Waals surface area contributed by atoms with Gasteiger partial charge in [-0.2, -0.15) is 0 Å². The summed E-state index contributed by atoms with van der Waals surface area (Å²) in [5, 5.41) is 18.1. The number of morpholine rings is 1. The Morgan fingerprint density at radius 3 is 2.50 bits per heavy atom. The monoisotopic (exact) mass is 259 g/mol. The van der Waals surface area contributed by atoms with E-state index in [2.05, 4.69) is 0 Å². The Morgan fingerprint density at radius 1 is 1.28 bits per heavy atom. The van der Waals surface area contributed by atoms with Crippen molar-refractivity contribution in [3.63, 3.8) is 0 Å². The van der Waals surface area contributed by atoms with Gasteiger partial charge in [0.1, 0.15) is 17.3 Å². The first-order chi connectivity index (χ1) is 8.67. The predicted octanol–water partition coefficient (Wildman–Crippen LogP) is 0.655. The molecule has 0 amide bonds. The van der Waals surface area contributed by atoms with E-state index in [0.29, 0.717) is 13.2 Å². The van der Waals surface area contributed by atoms with Gasteiger partial charge < -0.3 is 19.8 Å². The SMILES string of the molecule is OCc1cc(F)c(N2CCOCC2CO)c(F)c1. The Bertz CT molecular complexity index is 405. The lowest BCUT2D eigenvalue weighted by molar-refractivity contribution is 0.0719. The molecule has 0 radical (unpaired) electrons. The topological polar surface area (TPSA) is 52.9 Å². The number of rotatable bonds is 3. The smallest absolute Gasteiger partial charge is 0.149 e. The van der Waals surface area contributed by atoms with Crippen LogP contribution < -0.4 is 4.90 Å². The van der Waals surface area contributed by atoms with Crippen LogP contribution >= 0.6 is 0 Å². The van der Waals surface area contributed by atoms with Crippen molar-refractivity contribution in [1.29, 1.82) is 0 Å². The van der Waals surface area contributed by atoms with E-state index in [1.54, 1.807) is 0 Å². The standard InChI is InChI=1S/C12H15F2NO3/c13-10-3-8(5-16)4-11(14)12(10)15-1-2-18-7-9(15)6-17/h3-4,9,16-17H,1-2,5-7H2. The molecule has 1 fully saturated rings. The summed E-state index contributed by atoms with van der Waals surface area (Å²) >= 11 is 0. The van der Waals surface area contributed by atoms with Crippen LogP contribution in [0.4, 0.5) is 14.5 Å². The molecule has 1 unspecified atom stereocenters. The van der Waals surface area contributed by atoms with Crippen molar-refractivity contribution in [3.8, 4) is 0 Å². The van der Waals surface area contributed by atoms with E-state index in [1.165, 1.54) is 4.90 Å². The lowest BCUT2D eigenvalue weighted by atomic mass is 10.1. The fourth-order valence-corrected chi connectivity index (χ4v) is 2.08. The van der Waals surface area contributed by atoms with Crippen molar-refractivity contribution in [1.82, 2.24) is 0 Å². The average molecular weight is 259 g/mol. The van der Waals surface area contributed by atoms with Gasteiger partial charge in [0.05, 0.1) is 32.5 Å². The number of aliphatic hydroxyl groups excluding tert-OH is 2. The summed E-state index contributed by atoms with van der Waals surface area (Å²) in [5.41, 5.74) is 0.0112. The van der Waals surface area contributed by atoms with Gasteiger partial charge in [-0.25, -0.2) is 8.78 Å². The molecule has 1 aromatic rings. The first kappa shape index (κ1) is 13.2. The Morgan fingerprint density at radius 2 is 1.94 bits per heavy atom. The van der Waals surface area contributed by atoms with E-state index in [0.717, 1.165) is 12.1 Å². The number of hydrogen-bond acceptors (Lipinski definition) is 4. The van der Waals surface area contributed by atoms with Crippen LogP contribution in [0.15, 0.2) is 12.1 Å². The molecule has 1 heterocycles. The van der Waals surface area contributed by atoms with E-state index in [9.17, 15) is 13.9 Å². The Kier molecular flexibility index (Phi) is 4.11. The number of anilines is 1. The third-order valence-electron chi connectivity index (χ3n) is 2.98. The summed E-state index contributed by atoms with van der Waals surface area (Å²) < 4.78 is 32.9. The van der Waals surface area contributed by atoms with E-state index < -0.39 is 24.3 Å². The lowest BCUT2D eigenvalue weighted by Gasteiger charge is -2.36. The zero-order valence-electron chi connectivity index (χ0n) is 9.77. The maximum absolute atomic E-state index is 13.9. The highest BCUT2D eigenvalue weighted by Crippen LogP contribution is 2.28. The van der Waals surface area contributed by atoms with Gasteiger partial charge in [-0.05, 0) is 17.7 Å². The fourth-order valence-electron chi connectivity index (χ4n) is 2.08. The molecule has 2 rings (SSSR count). The van der Waals surface area contributed by atoms with Crippen molar-refractivity contribution in [2.75, 3.05) is 31.3 Å². The summed E-state index contributed by atoms with van der Waals surface area (Å²) in [5.74, 6) is -1.47. The number of nitrogens with zero attached hydrogens (tertiary/aromatic N) is 1. The van der Waals surface area contributed by atoms with Crippen LogP contribution in [0.3, 0.4) is 0 Å². The molecular formula is C12H15F2NO3. The molecule has 100 valence electrons. The van der Waals surface area contributed by atoms with E-state index in [-0.39, 0.29) is 24.5 Å². The van der Waals surface area contributed by atoms with Gasteiger partial charge in [0.2, 0.25) is 0 Å². The molecule has 6 heteroatoms. The maximum Gasteiger partial charge on any atom is 0.149 e. The highest BCUT2D eigenvalue weighted by Gasteiger charge is 2.27. The molecule has 1 aliphatic heterocycles. The lowest BCUT2D eigenvalue weighted by Crippen LogP contribution is -2.48. The van der Waals surface area contributed by atoms with Crippen LogP contribution in [-0.4, -0.2) is 42.6 Å². The second-order valence-corrected chi connectivity index (χ2v) is 4.17. The van der Waals surface area contributed by atoms with Crippen LogP contribution in [0.25, 0.3) is 0 Å². The fraction of sp³-hybridized carbons (Fsp3) is 0.500. The Labute approximate surface area is 103 Å². The van der Waals surface area contributed by atoms with Crippen molar-refractivity contribution in [2.45, 2.75) is 12.6 Å². The predicted molar refractivity (Wildman–Crippen MR) is 61.3 cm³/mol. The maximum atomic E-state index is 13.9. The molecule has 1 atom stereocenters. The zero-order valence-corrected chi connectivity index (χ0v) is 9.77. The Hall–Kier alpha value is -1.24. The Balaban J connectivity index is 2.37. The van der Waals surface area contributed by atoms with Crippen LogP contribution in [0.5, 0.6) is 0 Å². The molecule has 0 bridgehead atoms. The molecule has 0 saturated carbocycles. The third-order valence-corrected chi connectivity index (χ3v) is 2.98. The van der Waals surface area contributed by atoms with Gasteiger partial charge in [0.25, 0.3) is 0 Å². The molecule has 2 N–H and O–H groups in total. The number of ether oxygens (including phenoxy) is 1. The van der Waals surface area contributed by atoms with Gasteiger partial charge in [-0.1, -0.05) is 0 Å². The minimum absolute atomic E-state index is 0.172. The molecule has 0 aromatic heterocycles. The first-order valence-electron chi connectivity index (χ1n) is 5.71. The third kappa shape index (κ3) is 2.45. The van der Waals surface area contributed by atoms with E-state index in [4.69, 9.17) is 9.84 Å². The minimum Gasteiger partial charge on any atom is -0.394 e. The summed E-state index contributed by atoms with van der Waals surface area (Å²) in [6.45, 7) is 0.257. The van der Waals surface area contributed by atoms with Crippen molar-refractivity contribution < 1.29 is 23.7 Å². The largest absolute Gasteiger partial charge is 0.394 e. The molecule has 4 nitrogen and oxygen atoms in total.